The van der Waals surface area contributed by atoms with Crippen molar-refractivity contribution >= 4 is 79.6 Å². The van der Waals surface area contributed by atoms with E-state index < -0.39 is 2.14 Å². The highest BCUT2D eigenvalue weighted by Gasteiger charge is 2.21. The zero-order valence-corrected chi connectivity index (χ0v) is 13.5. The summed E-state index contributed by atoms with van der Waals surface area (Å²) in [6.45, 7) is 0. The van der Waals surface area contributed by atoms with Gasteiger partial charge < -0.3 is 0 Å². The van der Waals surface area contributed by atoms with Crippen LogP contribution in [0.5, 0.6) is 0 Å². The molecule has 0 amide bonds. The Kier molecular flexibility index (Phi) is 4.31. The van der Waals surface area contributed by atoms with Gasteiger partial charge in [0, 0.05) is 15.0 Å². The Labute approximate surface area is 113 Å². The molecule has 0 saturated heterocycles. The number of hydrogen-bond acceptors (Lipinski definition) is 0. The fraction of sp³-hybridized carbons (Fsp3) is 0.143. The van der Waals surface area contributed by atoms with Crippen LogP contribution in [0.1, 0.15) is 5.56 Å². The molecule has 1 aromatic carbocycles. The molecule has 0 nitrogen and oxygen atoms in total. The third kappa shape index (κ3) is 3.08. The summed E-state index contributed by atoms with van der Waals surface area (Å²) in [5.74, 6) is 0. The van der Waals surface area contributed by atoms with E-state index in [0.717, 1.165) is 14.5 Å². The second kappa shape index (κ2) is 4.43. The smallest absolute Gasteiger partial charge is 0.0545 e. The number of rotatable bonds is 0. The van der Waals surface area contributed by atoms with Gasteiger partial charge in [-0.15, -0.1) is 0 Å². The zero-order chi connectivity index (χ0) is 9.35. The maximum Gasteiger partial charge on any atom is 0.160 e. The van der Waals surface area contributed by atoms with Gasteiger partial charge in [0.25, 0.3) is 0 Å². The van der Waals surface area contributed by atoms with Crippen molar-refractivity contribution in [2.24, 2.45) is 0 Å². The van der Waals surface area contributed by atoms with Crippen molar-refractivity contribution in [3.05, 3.63) is 32.7 Å². The van der Waals surface area contributed by atoms with Crippen LogP contribution in [0.4, 0.5) is 0 Å². The third-order valence-electron chi connectivity index (χ3n) is 1.16. The van der Waals surface area contributed by atoms with Crippen molar-refractivity contribution in [1.82, 2.24) is 0 Å². The summed E-state index contributed by atoms with van der Waals surface area (Å²) in [6.07, 6.45) is 0. The quantitative estimate of drug-likeness (QED) is 0.437. The molecular formula is C7H2Br5. The highest BCUT2D eigenvalue weighted by molar-refractivity contribution is 9.38. The maximum absolute atomic E-state index is 3.41. The highest BCUT2D eigenvalue weighted by atomic mass is 80.0. The first-order chi connectivity index (χ1) is 5.41. The number of benzene rings is 1. The second-order valence-corrected chi connectivity index (χ2v) is 10.4. The van der Waals surface area contributed by atoms with Crippen LogP contribution >= 0.6 is 79.6 Å². The van der Waals surface area contributed by atoms with Gasteiger partial charge in [-0.25, -0.2) is 0 Å². The minimum Gasteiger partial charge on any atom is -0.0545 e. The summed E-state index contributed by atoms with van der Waals surface area (Å²) < 4.78 is 1.50. The molecule has 1 radical (unpaired) electrons. The molecule has 0 heterocycles. The van der Waals surface area contributed by atoms with E-state index in [0.29, 0.717) is 0 Å². The molecule has 5 heteroatoms. The molecule has 12 heavy (non-hydrogen) atoms. The molecule has 0 aliphatic heterocycles. The molecule has 0 bridgehead atoms. The Bertz CT molecular complexity index is 288. The molecule has 0 spiro atoms. The standard InChI is InChI=1S/C7H2Br5/c8-5-2-1-4(3-6(5)9)7(10,11)12/h1-2H. The van der Waals surface area contributed by atoms with Crippen molar-refractivity contribution in [2.45, 2.75) is 2.14 Å². The summed E-state index contributed by atoms with van der Waals surface area (Å²) in [7, 11) is 0. The Morgan fingerprint density at radius 3 is 2.08 bits per heavy atom. The lowest BCUT2D eigenvalue weighted by atomic mass is 10.2. The molecule has 0 aliphatic carbocycles. The van der Waals surface area contributed by atoms with Crippen LogP contribution in [0.3, 0.4) is 0 Å². The topological polar surface area (TPSA) is 0 Å². The van der Waals surface area contributed by atoms with Gasteiger partial charge in [0.2, 0.25) is 0 Å². The minimum absolute atomic E-state index is 0.393. The van der Waals surface area contributed by atoms with Gasteiger partial charge >= 0.3 is 0 Å². The fourth-order valence-corrected chi connectivity index (χ4v) is 1.89. The first-order valence-electron chi connectivity index (χ1n) is 2.86. The number of halogens is 5. The van der Waals surface area contributed by atoms with E-state index in [-0.39, 0.29) is 0 Å². The summed E-state index contributed by atoms with van der Waals surface area (Å²) >= 11 is 17.0. The normalized spacial score (nSPS) is 11.8. The van der Waals surface area contributed by atoms with Gasteiger partial charge in [0.1, 0.15) is 0 Å². The van der Waals surface area contributed by atoms with Gasteiger partial charge in [0.05, 0.1) is 0 Å². The molecule has 65 valence electrons. The predicted molar refractivity (Wildman–Crippen MR) is 69.1 cm³/mol. The molecule has 1 rings (SSSR count). The van der Waals surface area contributed by atoms with Crippen LogP contribution in [0.15, 0.2) is 21.1 Å². The number of hydrogen-bond donors (Lipinski definition) is 0. The van der Waals surface area contributed by atoms with E-state index in [9.17, 15) is 0 Å². The molecule has 1 aromatic rings. The molecule has 0 saturated carbocycles. The van der Waals surface area contributed by atoms with Crippen LogP contribution < -0.4 is 0 Å². The van der Waals surface area contributed by atoms with Gasteiger partial charge in [-0.2, -0.15) is 0 Å². The SMILES string of the molecule is Brc1[c]c(C(Br)(Br)Br)ccc1Br. The predicted octanol–water partition coefficient (Wildman–Crippen LogP) is 5.31. The molecule has 0 aliphatic rings. The Balaban J connectivity index is 3.14. The summed E-state index contributed by atoms with van der Waals surface area (Å²) in [5, 5.41) is 0. The van der Waals surface area contributed by atoms with E-state index in [1.807, 2.05) is 12.1 Å². The highest BCUT2D eigenvalue weighted by Crippen LogP contribution is 2.45. The average Bonchev–Trinajstić information content (AvgIpc) is 1.92. The Morgan fingerprint density at radius 1 is 1.08 bits per heavy atom. The van der Waals surface area contributed by atoms with E-state index in [2.05, 4.69) is 85.7 Å². The van der Waals surface area contributed by atoms with Crippen LogP contribution in [0, 0.1) is 6.07 Å². The van der Waals surface area contributed by atoms with Crippen molar-refractivity contribution in [2.75, 3.05) is 0 Å². The summed E-state index contributed by atoms with van der Waals surface area (Å²) in [5.41, 5.74) is 0.970. The Hall–Kier alpha value is 1.62. The van der Waals surface area contributed by atoms with Crippen molar-refractivity contribution < 1.29 is 0 Å². The Morgan fingerprint density at radius 2 is 1.67 bits per heavy atom. The largest absolute Gasteiger partial charge is 0.160 e. The average molecular weight is 486 g/mol. The van der Waals surface area contributed by atoms with Crippen LogP contribution in [0.2, 0.25) is 0 Å². The number of alkyl halides is 3. The lowest BCUT2D eigenvalue weighted by Crippen LogP contribution is -1.97. The fourth-order valence-electron chi connectivity index (χ4n) is 0.615. The van der Waals surface area contributed by atoms with Crippen molar-refractivity contribution in [3.63, 3.8) is 0 Å². The second-order valence-electron chi connectivity index (χ2n) is 2.03. The van der Waals surface area contributed by atoms with Gasteiger partial charge in [-0.05, 0) is 43.5 Å². The van der Waals surface area contributed by atoms with Crippen LogP contribution in [-0.4, -0.2) is 0 Å². The molecule has 0 N–H and O–H groups in total. The molecule has 0 unspecified atom stereocenters. The van der Waals surface area contributed by atoms with Crippen molar-refractivity contribution in [1.29, 1.82) is 0 Å². The van der Waals surface area contributed by atoms with Crippen LogP contribution in [0.25, 0.3) is 0 Å². The summed E-state index contributed by atoms with van der Waals surface area (Å²) in [4.78, 5) is 0. The summed E-state index contributed by atoms with van der Waals surface area (Å²) in [6, 6.07) is 7.05. The van der Waals surface area contributed by atoms with E-state index >= 15 is 0 Å². The first-order valence-corrected chi connectivity index (χ1v) is 6.82. The minimum atomic E-state index is -0.393. The molecular weight excluding hydrogens is 484 g/mol. The third-order valence-corrected chi connectivity index (χ3v) is 4.26. The van der Waals surface area contributed by atoms with Gasteiger partial charge in [0.15, 0.2) is 2.14 Å². The maximum atomic E-state index is 3.41. The van der Waals surface area contributed by atoms with E-state index in [4.69, 9.17) is 0 Å². The van der Waals surface area contributed by atoms with Gasteiger partial charge in [-0.1, -0.05) is 53.9 Å². The molecule has 0 fully saturated rings. The van der Waals surface area contributed by atoms with Crippen molar-refractivity contribution in [3.8, 4) is 0 Å². The lowest BCUT2D eigenvalue weighted by molar-refractivity contribution is 1.33. The zero-order valence-electron chi connectivity index (χ0n) is 5.54. The van der Waals surface area contributed by atoms with E-state index in [1.54, 1.807) is 0 Å². The lowest BCUT2D eigenvalue weighted by Gasteiger charge is -2.12. The first kappa shape index (κ1) is 11.7. The molecule has 0 atom stereocenters. The van der Waals surface area contributed by atoms with Crippen LogP contribution in [-0.2, 0) is 2.14 Å². The van der Waals surface area contributed by atoms with Gasteiger partial charge in [-0.3, -0.25) is 0 Å². The van der Waals surface area contributed by atoms with E-state index in [1.165, 1.54) is 0 Å². The molecule has 0 aromatic heterocycles. The monoisotopic (exact) mass is 481 g/mol.